The van der Waals surface area contributed by atoms with Crippen LogP contribution in [0.25, 0.3) is 0 Å². The molecule has 0 saturated carbocycles. The molecule has 2 aliphatic heterocycles. The summed E-state index contributed by atoms with van der Waals surface area (Å²) in [5, 5.41) is 5.47. The number of nitrogens with zero attached hydrogens (tertiary/aromatic N) is 4. The molecule has 12 heteroatoms. The molecule has 31 heavy (non-hydrogen) atoms. The lowest BCUT2D eigenvalue weighted by Gasteiger charge is -2.34. The fraction of sp³-hybridized carbons (Fsp3) is 0.737. The summed E-state index contributed by atoms with van der Waals surface area (Å²) in [6.07, 6.45) is -5.36. The smallest absolute Gasteiger partial charge is 0.411 e. The number of aromatic nitrogens is 2. The van der Waals surface area contributed by atoms with Gasteiger partial charge in [-0.25, -0.2) is 9.86 Å². The number of fused-ring (bicyclic) bond motifs is 3. The van der Waals surface area contributed by atoms with E-state index in [1.54, 1.807) is 25.7 Å². The van der Waals surface area contributed by atoms with Gasteiger partial charge in [0.15, 0.2) is 0 Å². The molecule has 1 unspecified atom stereocenters. The summed E-state index contributed by atoms with van der Waals surface area (Å²) >= 11 is 0. The molecule has 9 nitrogen and oxygen atoms in total. The molecular formula is C19H27F3N4O5. The number of carbonyl (C=O) groups excluding carboxylic acids is 2. The molecule has 0 saturated heterocycles. The lowest BCUT2D eigenvalue weighted by Crippen LogP contribution is -2.45. The van der Waals surface area contributed by atoms with Crippen molar-refractivity contribution < 1.29 is 37.1 Å². The second-order valence-corrected chi connectivity index (χ2v) is 8.78. The van der Waals surface area contributed by atoms with Crippen molar-refractivity contribution in [3.05, 3.63) is 17.0 Å². The predicted octanol–water partition coefficient (Wildman–Crippen LogP) is 2.53. The summed E-state index contributed by atoms with van der Waals surface area (Å²) in [4.78, 5) is 32.6. The van der Waals surface area contributed by atoms with Crippen LogP contribution < -0.4 is 0 Å². The van der Waals surface area contributed by atoms with E-state index in [0.29, 0.717) is 17.7 Å². The summed E-state index contributed by atoms with van der Waals surface area (Å²) < 4.78 is 48.7. The minimum Gasteiger partial charge on any atom is -0.444 e. The van der Waals surface area contributed by atoms with Gasteiger partial charge in [0.25, 0.3) is 5.91 Å². The molecule has 2 aliphatic rings. The van der Waals surface area contributed by atoms with Gasteiger partial charge >= 0.3 is 12.3 Å². The van der Waals surface area contributed by atoms with Crippen LogP contribution in [0.15, 0.2) is 0 Å². The molecule has 2 amide bonds. The Morgan fingerprint density at radius 2 is 1.97 bits per heavy atom. The van der Waals surface area contributed by atoms with E-state index in [9.17, 15) is 22.8 Å². The van der Waals surface area contributed by atoms with E-state index < -0.39 is 36.5 Å². The molecule has 3 heterocycles. The van der Waals surface area contributed by atoms with Crippen LogP contribution in [0.3, 0.4) is 0 Å². The van der Waals surface area contributed by atoms with Gasteiger partial charge in [-0.2, -0.15) is 18.3 Å². The fourth-order valence-electron chi connectivity index (χ4n) is 3.57. The summed E-state index contributed by atoms with van der Waals surface area (Å²) in [6, 6.07) is -0.198. The molecule has 0 radical (unpaired) electrons. The predicted molar refractivity (Wildman–Crippen MR) is 101 cm³/mol. The minimum atomic E-state index is -4.45. The normalized spacial score (nSPS) is 22.1. The molecule has 0 aliphatic carbocycles. The average Bonchev–Trinajstić information content (AvgIpc) is 2.88. The van der Waals surface area contributed by atoms with E-state index in [0.717, 1.165) is 5.06 Å². The van der Waals surface area contributed by atoms with Gasteiger partial charge in [-0.1, -0.05) is 0 Å². The molecule has 174 valence electrons. The van der Waals surface area contributed by atoms with Gasteiger partial charge in [0.2, 0.25) is 0 Å². The second kappa shape index (κ2) is 8.30. The zero-order valence-corrected chi connectivity index (χ0v) is 18.2. The van der Waals surface area contributed by atoms with Gasteiger partial charge < -0.3 is 14.4 Å². The third-order valence-corrected chi connectivity index (χ3v) is 4.85. The Hall–Kier alpha value is -2.34. The van der Waals surface area contributed by atoms with Crippen molar-refractivity contribution >= 4 is 12.0 Å². The Morgan fingerprint density at radius 3 is 2.58 bits per heavy atom. The first-order valence-electron chi connectivity index (χ1n) is 9.92. The molecule has 1 aromatic heterocycles. The first-order chi connectivity index (χ1) is 14.2. The maximum atomic E-state index is 12.9. The van der Waals surface area contributed by atoms with E-state index in [2.05, 4.69) is 5.10 Å². The van der Waals surface area contributed by atoms with Crippen LogP contribution in [0.4, 0.5) is 18.0 Å². The number of hydrogen-bond acceptors (Lipinski definition) is 6. The van der Waals surface area contributed by atoms with Crippen LogP contribution in [0, 0.1) is 0 Å². The van der Waals surface area contributed by atoms with Crippen molar-refractivity contribution in [1.29, 1.82) is 0 Å². The standard InChI is InChI=1S/C19H27F3N4O5/c1-11-6-14-13(8-25(11)17(28)30-18(2,3)4)15-16(27)24(5)31-12(7-26(15)23-14)9-29-10-19(20,21)22/h11-12H,6-10H2,1-5H3/t11-,12?/m1/s1. The minimum absolute atomic E-state index is 0.0388. The molecule has 3 rings (SSSR count). The SMILES string of the molecule is C[C@@H]1Cc2nn3c(c2CN1C(=O)OC(C)(C)C)C(=O)N(C)OC(COCC(F)(F)F)C3. The van der Waals surface area contributed by atoms with Crippen molar-refractivity contribution in [3.8, 4) is 0 Å². The van der Waals surface area contributed by atoms with E-state index in [-0.39, 0.29) is 31.4 Å². The van der Waals surface area contributed by atoms with Crippen LogP contribution >= 0.6 is 0 Å². The van der Waals surface area contributed by atoms with Gasteiger partial charge in [0, 0.05) is 25.1 Å². The Bertz CT molecular complexity index is 849. The number of alkyl halides is 3. The molecule has 0 fully saturated rings. The third-order valence-electron chi connectivity index (χ3n) is 4.85. The van der Waals surface area contributed by atoms with Crippen molar-refractivity contribution in [3.63, 3.8) is 0 Å². The first kappa shape index (κ1) is 23.3. The molecular weight excluding hydrogens is 421 g/mol. The van der Waals surface area contributed by atoms with Gasteiger partial charge in [-0.15, -0.1) is 0 Å². The van der Waals surface area contributed by atoms with Crippen molar-refractivity contribution in [2.75, 3.05) is 20.3 Å². The van der Waals surface area contributed by atoms with Crippen LogP contribution in [0.1, 0.15) is 49.4 Å². The molecule has 0 bridgehead atoms. The van der Waals surface area contributed by atoms with E-state index in [1.807, 2.05) is 6.92 Å². The van der Waals surface area contributed by atoms with Crippen molar-refractivity contribution in [1.82, 2.24) is 19.7 Å². The van der Waals surface area contributed by atoms with E-state index in [1.165, 1.54) is 11.7 Å². The Labute approximate surface area is 178 Å². The fourth-order valence-corrected chi connectivity index (χ4v) is 3.57. The number of hydrogen-bond donors (Lipinski definition) is 0. The highest BCUT2D eigenvalue weighted by atomic mass is 19.4. The number of halogens is 3. The molecule has 0 spiro atoms. The maximum absolute atomic E-state index is 12.9. The highest BCUT2D eigenvalue weighted by molar-refractivity contribution is 5.94. The van der Waals surface area contributed by atoms with Gasteiger partial charge in [-0.3, -0.25) is 14.3 Å². The Kier molecular flexibility index (Phi) is 6.25. The number of ether oxygens (including phenoxy) is 2. The largest absolute Gasteiger partial charge is 0.444 e. The number of hydroxylamine groups is 2. The van der Waals surface area contributed by atoms with Crippen LogP contribution in [-0.4, -0.2) is 75.9 Å². The zero-order chi connectivity index (χ0) is 23.1. The highest BCUT2D eigenvalue weighted by Crippen LogP contribution is 2.30. The Balaban J connectivity index is 1.82. The molecule has 0 aromatic carbocycles. The number of amides is 2. The van der Waals surface area contributed by atoms with Crippen molar-refractivity contribution in [2.24, 2.45) is 0 Å². The lowest BCUT2D eigenvalue weighted by atomic mass is 9.99. The molecule has 0 N–H and O–H groups in total. The summed E-state index contributed by atoms with van der Waals surface area (Å²) in [7, 11) is 1.38. The molecule has 1 aromatic rings. The average molecular weight is 448 g/mol. The summed E-state index contributed by atoms with van der Waals surface area (Å²) in [5.41, 5.74) is 0.832. The number of rotatable bonds is 3. The number of carbonyl (C=O) groups is 2. The van der Waals surface area contributed by atoms with Gasteiger partial charge in [0.05, 0.1) is 25.4 Å². The van der Waals surface area contributed by atoms with Gasteiger partial charge in [0.1, 0.15) is 24.0 Å². The third kappa shape index (κ3) is 5.48. The van der Waals surface area contributed by atoms with Crippen LogP contribution in [0.2, 0.25) is 0 Å². The van der Waals surface area contributed by atoms with Crippen molar-refractivity contribution in [2.45, 2.75) is 71.1 Å². The monoisotopic (exact) mass is 448 g/mol. The quantitative estimate of drug-likeness (QED) is 0.707. The topological polar surface area (TPSA) is 86.1 Å². The first-order valence-corrected chi connectivity index (χ1v) is 9.92. The van der Waals surface area contributed by atoms with Gasteiger partial charge in [-0.05, 0) is 27.7 Å². The Morgan fingerprint density at radius 1 is 1.29 bits per heavy atom. The lowest BCUT2D eigenvalue weighted by molar-refractivity contribution is -0.202. The van der Waals surface area contributed by atoms with Crippen LogP contribution in [0.5, 0.6) is 0 Å². The van der Waals surface area contributed by atoms with E-state index in [4.69, 9.17) is 14.3 Å². The summed E-state index contributed by atoms with van der Waals surface area (Å²) in [6.45, 7) is 5.58. The summed E-state index contributed by atoms with van der Waals surface area (Å²) in [5.74, 6) is -0.495. The highest BCUT2D eigenvalue weighted by Gasteiger charge is 2.39. The maximum Gasteiger partial charge on any atom is 0.411 e. The second-order valence-electron chi connectivity index (χ2n) is 8.78. The van der Waals surface area contributed by atoms with Crippen LogP contribution in [-0.2, 0) is 33.8 Å². The molecule has 2 atom stereocenters. The zero-order valence-electron chi connectivity index (χ0n) is 18.2. The van der Waals surface area contributed by atoms with E-state index >= 15 is 0 Å².